The summed E-state index contributed by atoms with van der Waals surface area (Å²) in [5, 5.41) is 1.16. The molecule has 0 saturated heterocycles. The standard InChI is InChI=1S/C21H23NO5S/c1-3-26-19-11-9-17(10-12-19)22(18-13-14-28(24,25)15-18)21(23)16(2)27-20-7-5-4-6-8-20/h4-14,16,18H,3,15H2,1-2H3/t16-,18-/m0/s1. The summed E-state index contributed by atoms with van der Waals surface area (Å²) < 4.78 is 35.1. The van der Waals surface area contributed by atoms with E-state index in [1.807, 2.05) is 25.1 Å². The number of para-hydroxylation sites is 1. The molecule has 148 valence electrons. The Bertz CT molecular complexity index is 939. The first-order valence-electron chi connectivity index (χ1n) is 9.08. The van der Waals surface area contributed by atoms with Crippen molar-refractivity contribution < 1.29 is 22.7 Å². The van der Waals surface area contributed by atoms with Gasteiger partial charge in [-0.05, 0) is 56.3 Å². The van der Waals surface area contributed by atoms with E-state index in [2.05, 4.69) is 0 Å². The Labute approximate surface area is 165 Å². The summed E-state index contributed by atoms with van der Waals surface area (Å²) in [6.45, 7) is 4.08. The van der Waals surface area contributed by atoms with Crippen LogP contribution in [-0.4, -0.2) is 38.8 Å². The molecule has 0 spiro atoms. The van der Waals surface area contributed by atoms with Crippen LogP contribution in [0.2, 0.25) is 0 Å². The van der Waals surface area contributed by atoms with E-state index >= 15 is 0 Å². The van der Waals surface area contributed by atoms with Crippen molar-refractivity contribution in [2.75, 3.05) is 17.3 Å². The van der Waals surface area contributed by atoms with Crippen molar-refractivity contribution in [3.63, 3.8) is 0 Å². The lowest BCUT2D eigenvalue weighted by Crippen LogP contribution is -2.47. The molecule has 0 fully saturated rings. The summed E-state index contributed by atoms with van der Waals surface area (Å²) >= 11 is 0. The van der Waals surface area contributed by atoms with Crippen LogP contribution in [-0.2, 0) is 14.6 Å². The molecule has 2 aromatic carbocycles. The highest BCUT2D eigenvalue weighted by Crippen LogP contribution is 2.26. The molecule has 0 saturated carbocycles. The molecular formula is C21H23NO5S. The maximum absolute atomic E-state index is 13.2. The molecular weight excluding hydrogens is 378 g/mol. The minimum atomic E-state index is -3.32. The van der Waals surface area contributed by atoms with Gasteiger partial charge < -0.3 is 14.4 Å². The third kappa shape index (κ3) is 4.72. The molecule has 1 aliphatic heterocycles. The number of carbonyl (C=O) groups is 1. The number of anilines is 1. The van der Waals surface area contributed by atoms with E-state index in [1.54, 1.807) is 49.4 Å². The first-order chi connectivity index (χ1) is 13.4. The molecule has 1 amide bonds. The minimum Gasteiger partial charge on any atom is -0.494 e. The van der Waals surface area contributed by atoms with E-state index in [0.29, 0.717) is 23.8 Å². The number of hydrogen-bond donors (Lipinski definition) is 0. The number of carbonyl (C=O) groups excluding carboxylic acids is 1. The zero-order chi connectivity index (χ0) is 20.1. The molecule has 0 N–H and O–H groups in total. The first-order valence-corrected chi connectivity index (χ1v) is 10.8. The fraction of sp³-hybridized carbons (Fsp3) is 0.286. The van der Waals surface area contributed by atoms with E-state index in [4.69, 9.17) is 9.47 Å². The van der Waals surface area contributed by atoms with Crippen LogP contribution < -0.4 is 14.4 Å². The topological polar surface area (TPSA) is 72.9 Å². The summed E-state index contributed by atoms with van der Waals surface area (Å²) in [6, 6.07) is 15.5. The lowest BCUT2D eigenvalue weighted by molar-refractivity contribution is -0.124. The quantitative estimate of drug-likeness (QED) is 0.712. The molecule has 0 bridgehead atoms. The van der Waals surface area contributed by atoms with Crippen molar-refractivity contribution in [2.45, 2.75) is 26.0 Å². The van der Waals surface area contributed by atoms with Gasteiger partial charge in [0.05, 0.1) is 18.4 Å². The largest absolute Gasteiger partial charge is 0.494 e. The van der Waals surface area contributed by atoms with Crippen molar-refractivity contribution in [2.24, 2.45) is 0 Å². The van der Waals surface area contributed by atoms with Gasteiger partial charge in [-0.25, -0.2) is 8.42 Å². The Morgan fingerprint density at radius 3 is 2.36 bits per heavy atom. The Kier molecular flexibility index (Phi) is 6.04. The van der Waals surface area contributed by atoms with Crippen LogP contribution in [0.1, 0.15) is 13.8 Å². The average Bonchev–Trinajstić information content (AvgIpc) is 3.03. The van der Waals surface area contributed by atoms with Crippen LogP contribution in [0.25, 0.3) is 0 Å². The molecule has 3 rings (SSSR count). The fourth-order valence-corrected chi connectivity index (χ4v) is 4.29. The number of rotatable bonds is 7. The fourth-order valence-electron chi connectivity index (χ4n) is 3.02. The maximum Gasteiger partial charge on any atom is 0.268 e. The predicted octanol–water partition coefficient (Wildman–Crippen LogP) is 3.20. The third-order valence-corrected chi connectivity index (χ3v) is 5.69. The zero-order valence-corrected chi connectivity index (χ0v) is 16.6. The van der Waals surface area contributed by atoms with Gasteiger partial charge in [0.25, 0.3) is 5.91 Å². The highest BCUT2D eigenvalue weighted by atomic mass is 32.2. The molecule has 0 aliphatic carbocycles. The smallest absolute Gasteiger partial charge is 0.268 e. The number of amides is 1. The van der Waals surface area contributed by atoms with Crippen LogP contribution in [0.4, 0.5) is 5.69 Å². The summed E-state index contributed by atoms with van der Waals surface area (Å²) in [7, 11) is -3.32. The number of benzene rings is 2. The molecule has 0 unspecified atom stereocenters. The van der Waals surface area contributed by atoms with Gasteiger partial charge in [-0.3, -0.25) is 4.79 Å². The van der Waals surface area contributed by atoms with E-state index in [-0.39, 0.29) is 11.7 Å². The zero-order valence-electron chi connectivity index (χ0n) is 15.8. The van der Waals surface area contributed by atoms with E-state index < -0.39 is 22.0 Å². The second kappa shape index (κ2) is 8.48. The van der Waals surface area contributed by atoms with E-state index in [9.17, 15) is 13.2 Å². The van der Waals surface area contributed by atoms with Gasteiger partial charge in [-0.2, -0.15) is 0 Å². The molecule has 0 aromatic heterocycles. The molecule has 2 aromatic rings. The van der Waals surface area contributed by atoms with Crippen molar-refractivity contribution in [1.29, 1.82) is 0 Å². The molecule has 2 atom stereocenters. The monoisotopic (exact) mass is 401 g/mol. The average molecular weight is 401 g/mol. The second-order valence-corrected chi connectivity index (χ2v) is 8.36. The summed E-state index contributed by atoms with van der Waals surface area (Å²) in [5.41, 5.74) is 0.587. The van der Waals surface area contributed by atoms with Gasteiger partial charge in [-0.1, -0.05) is 18.2 Å². The number of nitrogens with zero attached hydrogens (tertiary/aromatic N) is 1. The Hall–Kier alpha value is -2.80. The lowest BCUT2D eigenvalue weighted by atomic mass is 10.1. The summed E-state index contributed by atoms with van der Waals surface area (Å²) in [6.07, 6.45) is 0.754. The third-order valence-electron chi connectivity index (χ3n) is 4.31. The molecule has 0 radical (unpaired) electrons. The Morgan fingerprint density at radius 1 is 1.11 bits per heavy atom. The minimum absolute atomic E-state index is 0.149. The van der Waals surface area contributed by atoms with Crippen LogP contribution in [0.3, 0.4) is 0 Å². The highest BCUT2D eigenvalue weighted by molar-refractivity contribution is 7.94. The van der Waals surface area contributed by atoms with Crippen LogP contribution >= 0.6 is 0 Å². The molecule has 6 nitrogen and oxygen atoms in total. The molecule has 1 heterocycles. The van der Waals surface area contributed by atoms with Crippen molar-refractivity contribution in [1.82, 2.24) is 0 Å². The summed E-state index contributed by atoms with van der Waals surface area (Å²) in [4.78, 5) is 14.7. The van der Waals surface area contributed by atoms with Crippen molar-refractivity contribution in [3.05, 3.63) is 66.1 Å². The predicted molar refractivity (Wildman–Crippen MR) is 108 cm³/mol. The van der Waals surface area contributed by atoms with Crippen molar-refractivity contribution >= 4 is 21.4 Å². The van der Waals surface area contributed by atoms with Crippen LogP contribution in [0, 0.1) is 0 Å². The van der Waals surface area contributed by atoms with Gasteiger partial charge in [0.2, 0.25) is 0 Å². The lowest BCUT2D eigenvalue weighted by Gasteiger charge is -2.30. The molecule has 28 heavy (non-hydrogen) atoms. The Morgan fingerprint density at radius 2 is 1.79 bits per heavy atom. The summed E-state index contributed by atoms with van der Waals surface area (Å²) in [5.74, 6) is 0.787. The number of hydrogen-bond acceptors (Lipinski definition) is 5. The first kappa shape index (κ1) is 19.9. The van der Waals surface area contributed by atoms with Gasteiger partial charge in [-0.15, -0.1) is 0 Å². The Balaban J connectivity index is 1.87. The normalized spacial score (nSPS) is 18.4. The van der Waals surface area contributed by atoms with E-state index in [1.165, 1.54) is 4.90 Å². The van der Waals surface area contributed by atoms with E-state index in [0.717, 1.165) is 5.41 Å². The molecule has 1 aliphatic rings. The number of sulfone groups is 1. The number of ether oxygens (including phenoxy) is 2. The molecule has 7 heteroatoms. The maximum atomic E-state index is 13.2. The SMILES string of the molecule is CCOc1ccc(N(C(=O)[C@H](C)Oc2ccccc2)[C@H]2C=CS(=O)(=O)C2)cc1. The van der Waals surface area contributed by atoms with Gasteiger partial charge >= 0.3 is 0 Å². The second-order valence-electron chi connectivity index (χ2n) is 6.43. The highest BCUT2D eigenvalue weighted by Gasteiger charge is 2.34. The van der Waals surface area contributed by atoms with Crippen molar-refractivity contribution in [3.8, 4) is 11.5 Å². The van der Waals surface area contributed by atoms with Gasteiger partial charge in [0, 0.05) is 11.1 Å². The van der Waals surface area contributed by atoms with Crippen LogP contribution in [0.5, 0.6) is 11.5 Å². The van der Waals surface area contributed by atoms with Gasteiger partial charge in [0.1, 0.15) is 11.5 Å². The van der Waals surface area contributed by atoms with Gasteiger partial charge in [0.15, 0.2) is 15.9 Å². The van der Waals surface area contributed by atoms with Crippen LogP contribution in [0.15, 0.2) is 66.1 Å².